The van der Waals surface area contributed by atoms with Crippen molar-refractivity contribution in [3.63, 3.8) is 0 Å². The Bertz CT molecular complexity index is 1170. The van der Waals surface area contributed by atoms with Gasteiger partial charge in [0.2, 0.25) is 18.5 Å². The van der Waals surface area contributed by atoms with E-state index in [1.807, 2.05) is 35.6 Å². The van der Waals surface area contributed by atoms with Gasteiger partial charge in [0.1, 0.15) is 0 Å². The van der Waals surface area contributed by atoms with Crippen molar-refractivity contribution in [2.75, 3.05) is 12.1 Å². The van der Waals surface area contributed by atoms with E-state index in [2.05, 4.69) is 20.5 Å². The summed E-state index contributed by atoms with van der Waals surface area (Å²) in [6.45, 7) is 2.04. The van der Waals surface area contributed by atoms with Gasteiger partial charge in [-0.1, -0.05) is 23.9 Å². The fraction of sp³-hybridized carbons (Fsp3) is 0.167. The maximum Gasteiger partial charge on any atom is 0.237 e. The highest BCUT2D eigenvalue weighted by atomic mass is 32.2. The van der Waals surface area contributed by atoms with Crippen LogP contribution in [-0.4, -0.2) is 37.5 Å². The number of aromatic amines is 1. The monoisotopic (exact) mass is 381 g/mol. The number of carbonyl (C=O) groups excluding carboxylic acids is 1. The summed E-state index contributed by atoms with van der Waals surface area (Å²) in [5.41, 5.74) is 2.49. The molecule has 5 rings (SSSR count). The summed E-state index contributed by atoms with van der Waals surface area (Å²) in [4.78, 5) is 17.1. The molecule has 1 aliphatic rings. The second-order valence-electron chi connectivity index (χ2n) is 6.08. The molecule has 4 aromatic rings. The molecule has 2 N–H and O–H groups in total. The van der Waals surface area contributed by atoms with Gasteiger partial charge in [0.25, 0.3) is 0 Å². The molecule has 9 heteroatoms. The van der Waals surface area contributed by atoms with Gasteiger partial charge in [-0.15, -0.1) is 5.10 Å². The van der Waals surface area contributed by atoms with Crippen LogP contribution in [0.1, 0.15) is 6.92 Å². The molecule has 27 heavy (non-hydrogen) atoms. The third kappa shape index (κ3) is 2.76. The highest BCUT2D eigenvalue weighted by molar-refractivity contribution is 8.00. The van der Waals surface area contributed by atoms with Gasteiger partial charge in [0, 0.05) is 11.8 Å². The van der Waals surface area contributed by atoms with Crippen molar-refractivity contribution in [3.8, 4) is 11.5 Å². The first-order chi connectivity index (χ1) is 13.2. The molecule has 1 aliphatic heterocycles. The third-order valence-electron chi connectivity index (χ3n) is 4.30. The minimum atomic E-state index is -0.358. The lowest BCUT2D eigenvalue weighted by atomic mass is 10.2. The van der Waals surface area contributed by atoms with Gasteiger partial charge in [0.15, 0.2) is 16.7 Å². The lowest BCUT2D eigenvalue weighted by Gasteiger charge is -2.11. The molecule has 1 amide bonds. The predicted octanol–water partition coefficient (Wildman–Crippen LogP) is 3.06. The summed E-state index contributed by atoms with van der Waals surface area (Å²) in [5.74, 6) is 1.84. The topological polar surface area (TPSA) is 93.5 Å². The lowest BCUT2D eigenvalue weighted by Crippen LogP contribution is -2.22. The van der Waals surface area contributed by atoms with Crippen molar-refractivity contribution < 1.29 is 14.3 Å². The largest absolute Gasteiger partial charge is 0.454 e. The van der Waals surface area contributed by atoms with E-state index in [0.717, 1.165) is 11.0 Å². The number of H-pyrrole nitrogens is 1. The molecule has 0 saturated carbocycles. The number of ether oxygens (including phenoxy) is 2. The number of benzene rings is 2. The third-order valence-corrected chi connectivity index (χ3v) is 5.35. The van der Waals surface area contributed by atoms with Crippen molar-refractivity contribution in [1.82, 2.24) is 19.6 Å². The first-order valence-electron chi connectivity index (χ1n) is 8.38. The Morgan fingerprint density at radius 2 is 2.11 bits per heavy atom. The van der Waals surface area contributed by atoms with Gasteiger partial charge in [-0.05, 0) is 31.2 Å². The fourth-order valence-electron chi connectivity index (χ4n) is 2.95. The lowest BCUT2D eigenvalue weighted by molar-refractivity contribution is -0.115. The van der Waals surface area contributed by atoms with Crippen molar-refractivity contribution >= 4 is 40.2 Å². The quantitative estimate of drug-likeness (QED) is 0.528. The summed E-state index contributed by atoms with van der Waals surface area (Å²) in [7, 11) is 0. The van der Waals surface area contributed by atoms with E-state index in [1.54, 1.807) is 18.2 Å². The van der Waals surface area contributed by atoms with Crippen molar-refractivity contribution in [2.24, 2.45) is 0 Å². The number of nitrogens with one attached hydrogen (secondary N) is 2. The molecule has 0 unspecified atom stereocenters. The summed E-state index contributed by atoms with van der Waals surface area (Å²) >= 11 is 1.36. The molecule has 0 spiro atoms. The van der Waals surface area contributed by atoms with Gasteiger partial charge >= 0.3 is 0 Å². The molecule has 0 aliphatic carbocycles. The molecule has 0 fully saturated rings. The van der Waals surface area contributed by atoms with Crippen LogP contribution in [0, 0.1) is 0 Å². The Kier molecular flexibility index (Phi) is 3.68. The van der Waals surface area contributed by atoms with E-state index in [9.17, 15) is 4.79 Å². The molecular weight excluding hydrogens is 366 g/mol. The van der Waals surface area contributed by atoms with Crippen molar-refractivity contribution in [3.05, 3.63) is 42.5 Å². The summed E-state index contributed by atoms with van der Waals surface area (Å²) < 4.78 is 12.5. The van der Waals surface area contributed by atoms with Crippen LogP contribution in [0.25, 0.3) is 16.8 Å². The van der Waals surface area contributed by atoms with E-state index < -0.39 is 0 Å². The van der Waals surface area contributed by atoms with Crippen LogP contribution >= 0.6 is 11.8 Å². The molecule has 3 heterocycles. The molecule has 2 aromatic heterocycles. The highest BCUT2D eigenvalue weighted by Gasteiger charge is 2.21. The molecular formula is C18H15N5O3S. The van der Waals surface area contributed by atoms with Gasteiger partial charge in [-0.25, -0.2) is 10.1 Å². The van der Waals surface area contributed by atoms with Crippen LogP contribution in [0.3, 0.4) is 0 Å². The Labute approximate surface area is 157 Å². The van der Waals surface area contributed by atoms with Gasteiger partial charge in [-0.3, -0.25) is 9.20 Å². The number of carbonyl (C=O) groups is 1. The van der Waals surface area contributed by atoms with Gasteiger partial charge in [0.05, 0.1) is 16.3 Å². The number of imidazole rings is 1. The Balaban J connectivity index is 1.36. The smallest absolute Gasteiger partial charge is 0.237 e. The van der Waals surface area contributed by atoms with Crippen LogP contribution in [0.5, 0.6) is 11.5 Å². The zero-order valence-electron chi connectivity index (χ0n) is 14.3. The SMILES string of the molecule is C[C@@H](Sc1n[nH]c2nc3ccccc3n12)C(=O)Nc1ccc2c(c1)OCO2. The second-order valence-corrected chi connectivity index (χ2v) is 7.39. The van der Waals surface area contributed by atoms with E-state index in [0.29, 0.717) is 28.1 Å². The predicted molar refractivity (Wildman–Crippen MR) is 101 cm³/mol. The number of amides is 1. The molecule has 8 nitrogen and oxygen atoms in total. The van der Waals surface area contributed by atoms with Crippen LogP contribution in [0.4, 0.5) is 5.69 Å². The number of anilines is 1. The van der Waals surface area contributed by atoms with E-state index >= 15 is 0 Å². The number of hydrogen-bond acceptors (Lipinski definition) is 6. The number of para-hydroxylation sites is 2. The zero-order valence-corrected chi connectivity index (χ0v) is 15.1. The first kappa shape index (κ1) is 16.0. The van der Waals surface area contributed by atoms with Gasteiger partial charge in [-0.2, -0.15) is 0 Å². The van der Waals surface area contributed by atoms with Crippen molar-refractivity contribution in [2.45, 2.75) is 17.3 Å². The maximum atomic E-state index is 12.6. The summed E-state index contributed by atoms with van der Waals surface area (Å²) in [6.07, 6.45) is 0. The molecule has 136 valence electrons. The number of aromatic nitrogens is 4. The second kappa shape index (κ2) is 6.20. The minimum absolute atomic E-state index is 0.126. The Hall–Kier alpha value is -3.20. The Morgan fingerprint density at radius 1 is 1.26 bits per heavy atom. The number of rotatable bonds is 4. The number of hydrogen-bond donors (Lipinski definition) is 2. The number of nitrogens with zero attached hydrogens (tertiary/aromatic N) is 3. The van der Waals surface area contributed by atoms with E-state index in [-0.39, 0.29) is 18.0 Å². The van der Waals surface area contributed by atoms with Crippen LogP contribution in [0.2, 0.25) is 0 Å². The number of thioether (sulfide) groups is 1. The standard InChI is InChI=1S/C18H15N5O3S/c1-10(16(24)19-11-6-7-14-15(8-11)26-9-25-14)27-18-22-21-17-20-12-4-2-3-5-13(12)23(17)18/h2-8,10H,9H2,1H3,(H,19,24)(H,20,21)/t10-/m1/s1. The Morgan fingerprint density at radius 3 is 3.04 bits per heavy atom. The highest BCUT2D eigenvalue weighted by Crippen LogP contribution is 2.34. The average molecular weight is 381 g/mol. The number of fused-ring (bicyclic) bond motifs is 4. The zero-order chi connectivity index (χ0) is 18.4. The summed E-state index contributed by atoms with van der Waals surface area (Å²) in [6, 6.07) is 13.1. The van der Waals surface area contributed by atoms with Crippen molar-refractivity contribution in [1.29, 1.82) is 0 Å². The molecule has 0 bridgehead atoms. The molecule has 1 atom stereocenters. The van der Waals surface area contributed by atoms with Crippen LogP contribution in [-0.2, 0) is 4.79 Å². The van der Waals surface area contributed by atoms with E-state index in [4.69, 9.17) is 9.47 Å². The van der Waals surface area contributed by atoms with E-state index in [1.165, 1.54) is 11.8 Å². The van der Waals surface area contributed by atoms with Gasteiger partial charge < -0.3 is 14.8 Å². The minimum Gasteiger partial charge on any atom is -0.454 e. The molecule has 0 radical (unpaired) electrons. The molecule has 2 aromatic carbocycles. The fourth-order valence-corrected chi connectivity index (χ4v) is 3.82. The maximum absolute atomic E-state index is 12.6. The molecule has 0 saturated heterocycles. The van der Waals surface area contributed by atoms with Crippen LogP contribution < -0.4 is 14.8 Å². The van der Waals surface area contributed by atoms with Crippen LogP contribution in [0.15, 0.2) is 47.6 Å². The first-order valence-corrected chi connectivity index (χ1v) is 9.26. The summed E-state index contributed by atoms with van der Waals surface area (Å²) in [5, 5.41) is 10.5. The normalized spacial score (nSPS) is 14.0. The average Bonchev–Trinajstić information content (AvgIpc) is 3.37.